The van der Waals surface area contributed by atoms with Crippen molar-refractivity contribution in [1.82, 2.24) is 9.38 Å². The van der Waals surface area contributed by atoms with Gasteiger partial charge in [0.05, 0.1) is 5.69 Å². The minimum atomic E-state index is 0.811. The summed E-state index contributed by atoms with van der Waals surface area (Å²) in [7, 11) is 0. The van der Waals surface area contributed by atoms with E-state index in [1.54, 1.807) is 0 Å². The van der Waals surface area contributed by atoms with E-state index in [2.05, 4.69) is 31.0 Å². The average Bonchev–Trinajstić information content (AvgIpc) is 2.74. The van der Waals surface area contributed by atoms with Gasteiger partial charge < -0.3 is 5.73 Å². The monoisotopic (exact) mass is 273 g/mol. The number of nitrogen functional groups attached to an aromatic ring is 1. The maximum atomic E-state index is 6.17. The van der Waals surface area contributed by atoms with Crippen LogP contribution in [-0.4, -0.2) is 9.38 Å². The van der Waals surface area contributed by atoms with Crippen LogP contribution in [-0.2, 0) is 6.42 Å². The van der Waals surface area contributed by atoms with Gasteiger partial charge in [-0.15, -0.1) is 0 Å². The molecule has 0 spiro atoms. The smallest absolute Gasteiger partial charge is 0.138 e. The van der Waals surface area contributed by atoms with Crippen molar-refractivity contribution in [2.24, 2.45) is 0 Å². The van der Waals surface area contributed by atoms with Gasteiger partial charge in [0.2, 0.25) is 0 Å². The highest BCUT2D eigenvalue weighted by Gasteiger charge is 2.08. The molecular weight excluding hydrogens is 246 g/mol. The van der Waals surface area contributed by atoms with Crippen LogP contribution < -0.4 is 5.73 Å². The third-order valence-electron chi connectivity index (χ3n) is 3.91. The highest BCUT2D eigenvalue weighted by Crippen LogP contribution is 2.18. The van der Waals surface area contributed by atoms with Gasteiger partial charge in [0.25, 0.3) is 0 Å². The lowest BCUT2D eigenvalue weighted by atomic mass is 10.1. The molecule has 2 aromatic heterocycles. The fourth-order valence-electron chi connectivity index (χ4n) is 2.65. The zero-order valence-electron chi connectivity index (χ0n) is 12.9. The van der Waals surface area contributed by atoms with Crippen molar-refractivity contribution in [2.45, 2.75) is 65.2 Å². The van der Waals surface area contributed by atoms with E-state index in [-0.39, 0.29) is 0 Å². The molecule has 110 valence electrons. The Hall–Kier alpha value is -1.51. The Morgan fingerprint density at radius 3 is 2.55 bits per heavy atom. The molecule has 3 nitrogen and oxygen atoms in total. The summed E-state index contributed by atoms with van der Waals surface area (Å²) in [5.74, 6) is 0.811. The highest BCUT2D eigenvalue weighted by molar-refractivity contribution is 5.53. The SMILES string of the molecule is CCCCCCCCCc1nc2cc(C)ccn2c1N. The summed E-state index contributed by atoms with van der Waals surface area (Å²) in [5, 5.41) is 0. The lowest BCUT2D eigenvalue weighted by molar-refractivity contribution is 0.588. The zero-order chi connectivity index (χ0) is 14.4. The first-order chi connectivity index (χ1) is 9.72. The number of nitrogens with two attached hydrogens (primary N) is 1. The third kappa shape index (κ3) is 3.75. The van der Waals surface area contributed by atoms with Crippen molar-refractivity contribution < 1.29 is 0 Å². The van der Waals surface area contributed by atoms with E-state index in [1.807, 2.05) is 10.6 Å². The molecule has 0 bridgehead atoms. The lowest BCUT2D eigenvalue weighted by Gasteiger charge is -2.01. The van der Waals surface area contributed by atoms with Gasteiger partial charge in [-0.3, -0.25) is 4.40 Å². The van der Waals surface area contributed by atoms with E-state index in [9.17, 15) is 0 Å². The summed E-state index contributed by atoms with van der Waals surface area (Å²) in [6, 6.07) is 4.16. The van der Waals surface area contributed by atoms with Crippen LogP contribution in [0, 0.1) is 6.92 Å². The molecule has 0 aliphatic heterocycles. The Bertz CT molecular complexity index is 542. The Morgan fingerprint density at radius 1 is 1.10 bits per heavy atom. The van der Waals surface area contributed by atoms with Gasteiger partial charge in [-0.25, -0.2) is 4.98 Å². The normalized spacial score (nSPS) is 11.3. The van der Waals surface area contributed by atoms with Crippen molar-refractivity contribution in [3.63, 3.8) is 0 Å². The van der Waals surface area contributed by atoms with Crippen LogP contribution in [0.15, 0.2) is 18.3 Å². The Morgan fingerprint density at radius 2 is 1.80 bits per heavy atom. The van der Waals surface area contributed by atoms with E-state index in [1.165, 1.54) is 50.5 Å². The second kappa shape index (κ2) is 7.32. The molecular formula is C17H27N3. The standard InChI is InChI=1S/C17H27N3/c1-3-4-5-6-7-8-9-10-15-17(18)20-12-11-14(2)13-16(20)19-15/h11-13H,3-10,18H2,1-2H3. The predicted molar refractivity (Wildman–Crippen MR) is 86.0 cm³/mol. The number of aromatic nitrogens is 2. The van der Waals surface area contributed by atoms with E-state index in [0.29, 0.717) is 0 Å². The van der Waals surface area contributed by atoms with E-state index in [0.717, 1.165) is 23.6 Å². The van der Waals surface area contributed by atoms with Crippen molar-refractivity contribution in [3.05, 3.63) is 29.6 Å². The van der Waals surface area contributed by atoms with E-state index < -0.39 is 0 Å². The molecule has 0 aliphatic rings. The molecule has 0 aliphatic carbocycles. The van der Waals surface area contributed by atoms with Gasteiger partial charge in [-0.1, -0.05) is 45.4 Å². The largest absolute Gasteiger partial charge is 0.383 e. The summed E-state index contributed by atoms with van der Waals surface area (Å²) in [4.78, 5) is 4.66. The number of hydrogen-bond donors (Lipinski definition) is 1. The first kappa shape index (κ1) is 14.9. The van der Waals surface area contributed by atoms with Gasteiger partial charge in [-0.2, -0.15) is 0 Å². The fraction of sp³-hybridized carbons (Fsp3) is 0.588. The second-order valence-electron chi connectivity index (χ2n) is 5.75. The summed E-state index contributed by atoms with van der Waals surface area (Å²) in [6.07, 6.45) is 12.3. The quantitative estimate of drug-likeness (QED) is 0.719. The molecule has 2 N–H and O–H groups in total. The predicted octanol–water partition coefficient (Wildman–Crippen LogP) is 4.52. The molecule has 3 heteroatoms. The number of aryl methyl sites for hydroxylation is 2. The van der Waals surface area contributed by atoms with Crippen LogP contribution in [0.1, 0.15) is 63.1 Å². The Balaban J connectivity index is 1.83. The molecule has 2 aromatic rings. The molecule has 0 radical (unpaired) electrons. The van der Waals surface area contributed by atoms with Crippen molar-refractivity contribution in [3.8, 4) is 0 Å². The van der Waals surface area contributed by atoms with Crippen LogP contribution in [0.2, 0.25) is 0 Å². The zero-order valence-corrected chi connectivity index (χ0v) is 12.9. The molecule has 0 saturated heterocycles. The Labute approximate surface area is 122 Å². The number of anilines is 1. The number of nitrogens with zero attached hydrogens (tertiary/aromatic N) is 2. The lowest BCUT2D eigenvalue weighted by Crippen LogP contribution is -1.96. The van der Waals surface area contributed by atoms with Crippen LogP contribution in [0.3, 0.4) is 0 Å². The number of unbranched alkanes of at least 4 members (excludes halogenated alkanes) is 6. The third-order valence-corrected chi connectivity index (χ3v) is 3.91. The summed E-state index contributed by atoms with van der Waals surface area (Å²) < 4.78 is 1.99. The molecule has 0 fully saturated rings. The van der Waals surface area contributed by atoms with Gasteiger partial charge in [0.15, 0.2) is 0 Å². The molecule has 0 unspecified atom stereocenters. The number of hydrogen-bond acceptors (Lipinski definition) is 2. The maximum Gasteiger partial charge on any atom is 0.138 e. The molecule has 0 aromatic carbocycles. The second-order valence-corrected chi connectivity index (χ2v) is 5.75. The van der Waals surface area contributed by atoms with Gasteiger partial charge in [0.1, 0.15) is 11.5 Å². The fourth-order valence-corrected chi connectivity index (χ4v) is 2.65. The number of rotatable bonds is 8. The minimum Gasteiger partial charge on any atom is -0.383 e. The van der Waals surface area contributed by atoms with Gasteiger partial charge >= 0.3 is 0 Å². The molecule has 0 amide bonds. The van der Waals surface area contributed by atoms with E-state index in [4.69, 9.17) is 5.73 Å². The first-order valence-corrected chi connectivity index (χ1v) is 7.95. The number of pyridine rings is 1. The number of imidazole rings is 1. The van der Waals surface area contributed by atoms with Crippen molar-refractivity contribution in [1.29, 1.82) is 0 Å². The van der Waals surface area contributed by atoms with Crippen LogP contribution in [0.4, 0.5) is 5.82 Å². The number of fused-ring (bicyclic) bond motifs is 1. The molecule has 2 rings (SSSR count). The average molecular weight is 273 g/mol. The summed E-state index contributed by atoms with van der Waals surface area (Å²) in [6.45, 7) is 4.34. The van der Waals surface area contributed by atoms with Crippen molar-refractivity contribution in [2.75, 3.05) is 5.73 Å². The van der Waals surface area contributed by atoms with Crippen LogP contribution in [0.5, 0.6) is 0 Å². The Kier molecular flexibility index (Phi) is 5.45. The highest BCUT2D eigenvalue weighted by atomic mass is 15.1. The topological polar surface area (TPSA) is 43.3 Å². The van der Waals surface area contributed by atoms with Gasteiger partial charge in [0, 0.05) is 6.20 Å². The molecule has 0 saturated carbocycles. The maximum absolute atomic E-state index is 6.17. The summed E-state index contributed by atoms with van der Waals surface area (Å²) in [5.41, 5.74) is 9.43. The molecule has 2 heterocycles. The van der Waals surface area contributed by atoms with Crippen molar-refractivity contribution >= 4 is 11.5 Å². The summed E-state index contributed by atoms with van der Waals surface area (Å²) >= 11 is 0. The first-order valence-electron chi connectivity index (χ1n) is 7.95. The van der Waals surface area contributed by atoms with Crippen LogP contribution in [0.25, 0.3) is 5.65 Å². The van der Waals surface area contributed by atoms with Gasteiger partial charge in [-0.05, 0) is 37.5 Å². The molecule has 20 heavy (non-hydrogen) atoms. The minimum absolute atomic E-state index is 0.811. The van der Waals surface area contributed by atoms with E-state index >= 15 is 0 Å². The van der Waals surface area contributed by atoms with Crippen LogP contribution >= 0.6 is 0 Å². The molecule has 0 atom stereocenters.